The van der Waals surface area contributed by atoms with Crippen LogP contribution < -0.4 is 11.2 Å². The number of aromatic nitrogens is 2. The maximum absolute atomic E-state index is 11.7. The topological polar surface area (TPSA) is 99.6 Å². The van der Waals surface area contributed by atoms with Gasteiger partial charge in [0.2, 0.25) is 0 Å². The highest BCUT2D eigenvalue weighted by Gasteiger charge is 2.23. The maximum atomic E-state index is 11.7. The molecule has 112 valence electrons. The molecular formula is C13H14N2O6. The molecule has 2 heterocycles. The van der Waals surface area contributed by atoms with E-state index in [1.165, 1.54) is 10.8 Å². The molecule has 1 aromatic rings. The lowest BCUT2D eigenvalue weighted by molar-refractivity contribution is -0.0235. The summed E-state index contributed by atoms with van der Waals surface area (Å²) >= 11 is 0. The number of rotatable bonds is 4. The molecule has 1 N–H and O–H groups in total. The molecular weight excluding hydrogens is 280 g/mol. The number of nitrogens with zero attached hydrogens (tertiary/aromatic N) is 1. The third-order valence-corrected chi connectivity index (χ3v) is 2.77. The molecule has 0 spiro atoms. The molecule has 1 aliphatic heterocycles. The number of carbonyl (C=O) groups excluding carboxylic acids is 1. The predicted molar refractivity (Wildman–Crippen MR) is 71.7 cm³/mol. The van der Waals surface area contributed by atoms with Crippen LogP contribution in [-0.4, -0.2) is 28.4 Å². The fourth-order valence-electron chi connectivity index (χ4n) is 1.77. The van der Waals surface area contributed by atoms with Gasteiger partial charge in [-0.2, -0.15) is 0 Å². The molecule has 0 unspecified atom stereocenters. The molecule has 0 bridgehead atoms. The molecule has 1 aromatic heterocycles. The Morgan fingerprint density at radius 2 is 2.29 bits per heavy atom. The van der Waals surface area contributed by atoms with Crippen LogP contribution >= 0.6 is 0 Å². The zero-order valence-electron chi connectivity index (χ0n) is 11.3. The standard InChI is InChI=1S/C13H14N2O6/c1-3-19-13(18)20-7-9-4-5-10(21-9)15-6-8(2)11(16)14-12(15)17/h3-6,9-10H,1,7H2,2H3,(H,14,16,17)/t9-,10+/m0/s1. The number of nitrogens with one attached hydrogen (secondary N) is 1. The van der Waals surface area contributed by atoms with E-state index in [1.54, 1.807) is 19.1 Å². The molecule has 0 aromatic carbocycles. The van der Waals surface area contributed by atoms with Gasteiger partial charge >= 0.3 is 11.8 Å². The normalized spacial score (nSPS) is 20.2. The van der Waals surface area contributed by atoms with E-state index in [-0.39, 0.29) is 6.61 Å². The quantitative estimate of drug-likeness (QED) is 0.496. The largest absolute Gasteiger partial charge is 0.513 e. The summed E-state index contributed by atoms with van der Waals surface area (Å²) in [6.07, 6.45) is 3.58. The first kappa shape index (κ1) is 14.8. The van der Waals surface area contributed by atoms with E-state index in [2.05, 4.69) is 16.3 Å². The van der Waals surface area contributed by atoms with Crippen molar-refractivity contribution in [1.29, 1.82) is 0 Å². The van der Waals surface area contributed by atoms with Crippen LogP contribution in [0.5, 0.6) is 0 Å². The van der Waals surface area contributed by atoms with E-state index in [1.807, 2.05) is 0 Å². The number of ether oxygens (including phenoxy) is 3. The second-order valence-electron chi connectivity index (χ2n) is 4.27. The highest BCUT2D eigenvalue weighted by atomic mass is 16.7. The Labute approximate surface area is 119 Å². The minimum absolute atomic E-state index is 0.0588. The second kappa shape index (κ2) is 6.23. The molecule has 8 nitrogen and oxygen atoms in total. The number of carbonyl (C=O) groups is 1. The van der Waals surface area contributed by atoms with Crippen LogP contribution in [0.2, 0.25) is 0 Å². The van der Waals surface area contributed by atoms with Crippen LogP contribution in [0.1, 0.15) is 11.8 Å². The second-order valence-corrected chi connectivity index (χ2v) is 4.27. The molecule has 0 radical (unpaired) electrons. The zero-order valence-corrected chi connectivity index (χ0v) is 11.3. The van der Waals surface area contributed by atoms with E-state index < -0.39 is 29.7 Å². The van der Waals surface area contributed by atoms with Gasteiger partial charge in [0.1, 0.15) is 12.7 Å². The summed E-state index contributed by atoms with van der Waals surface area (Å²) < 4.78 is 15.9. The van der Waals surface area contributed by atoms with Crippen LogP contribution in [0.25, 0.3) is 0 Å². The summed E-state index contributed by atoms with van der Waals surface area (Å²) in [6, 6.07) is 0. The zero-order chi connectivity index (χ0) is 15.4. The first-order chi connectivity index (χ1) is 10.0. The van der Waals surface area contributed by atoms with Gasteiger partial charge in [-0.05, 0) is 13.0 Å². The van der Waals surface area contributed by atoms with Crippen LogP contribution in [-0.2, 0) is 14.2 Å². The van der Waals surface area contributed by atoms with Crippen molar-refractivity contribution in [3.8, 4) is 0 Å². The minimum atomic E-state index is -0.887. The molecule has 0 saturated heterocycles. The Balaban J connectivity index is 2.00. The van der Waals surface area contributed by atoms with Crippen molar-refractivity contribution in [2.75, 3.05) is 6.61 Å². The van der Waals surface area contributed by atoms with Gasteiger partial charge in [-0.15, -0.1) is 0 Å². The third-order valence-electron chi connectivity index (χ3n) is 2.77. The van der Waals surface area contributed by atoms with Gasteiger partial charge in [0.25, 0.3) is 5.56 Å². The third kappa shape index (κ3) is 3.48. The Morgan fingerprint density at radius 3 is 3.00 bits per heavy atom. The lowest BCUT2D eigenvalue weighted by Gasteiger charge is -2.16. The average molecular weight is 294 g/mol. The summed E-state index contributed by atoms with van der Waals surface area (Å²) in [7, 11) is 0. The first-order valence-corrected chi connectivity index (χ1v) is 6.11. The van der Waals surface area contributed by atoms with Crippen molar-refractivity contribution in [2.45, 2.75) is 19.3 Å². The van der Waals surface area contributed by atoms with E-state index in [9.17, 15) is 14.4 Å². The Kier molecular flexibility index (Phi) is 4.39. The Morgan fingerprint density at radius 1 is 1.52 bits per heavy atom. The summed E-state index contributed by atoms with van der Waals surface area (Å²) in [5, 5.41) is 0. The van der Waals surface area contributed by atoms with Crippen molar-refractivity contribution in [3.05, 3.63) is 57.6 Å². The summed E-state index contributed by atoms with van der Waals surface area (Å²) in [6.45, 7) is 4.75. The van der Waals surface area contributed by atoms with Crippen molar-refractivity contribution in [1.82, 2.24) is 9.55 Å². The molecule has 21 heavy (non-hydrogen) atoms. The highest BCUT2D eigenvalue weighted by Crippen LogP contribution is 2.19. The van der Waals surface area contributed by atoms with E-state index >= 15 is 0 Å². The molecule has 0 saturated carbocycles. The van der Waals surface area contributed by atoms with Crippen molar-refractivity contribution in [2.24, 2.45) is 0 Å². The van der Waals surface area contributed by atoms with Crippen LogP contribution in [0, 0.1) is 6.92 Å². The van der Waals surface area contributed by atoms with Gasteiger partial charge in [-0.3, -0.25) is 14.3 Å². The van der Waals surface area contributed by atoms with Gasteiger partial charge < -0.3 is 14.2 Å². The van der Waals surface area contributed by atoms with Crippen molar-refractivity contribution in [3.63, 3.8) is 0 Å². The van der Waals surface area contributed by atoms with E-state index in [0.29, 0.717) is 5.56 Å². The number of H-pyrrole nitrogens is 1. The minimum Gasteiger partial charge on any atom is -0.431 e. The van der Waals surface area contributed by atoms with Gasteiger partial charge in [0.05, 0.1) is 6.26 Å². The Hall–Kier alpha value is -2.61. The number of aromatic amines is 1. The van der Waals surface area contributed by atoms with Crippen LogP contribution in [0.3, 0.4) is 0 Å². The molecule has 0 amide bonds. The summed E-state index contributed by atoms with van der Waals surface area (Å²) in [5.41, 5.74) is -0.626. The van der Waals surface area contributed by atoms with Crippen molar-refractivity contribution < 1.29 is 19.0 Å². The smallest absolute Gasteiger partial charge is 0.431 e. The fraction of sp³-hybridized carbons (Fsp3) is 0.308. The first-order valence-electron chi connectivity index (χ1n) is 6.11. The van der Waals surface area contributed by atoms with E-state index in [0.717, 1.165) is 6.26 Å². The predicted octanol–water partition coefficient (Wildman–Crippen LogP) is 0.595. The highest BCUT2D eigenvalue weighted by molar-refractivity contribution is 5.60. The molecule has 2 atom stereocenters. The SMILES string of the molecule is C=COC(=O)OC[C@@H]1C=C[C@H](n2cc(C)c(=O)[nH]c2=O)O1. The average Bonchev–Trinajstić information content (AvgIpc) is 2.89. The molecule has 2 rings (SSSR count). The lowest BCUT2D eigenvalue weighted by Crippen LogP contribution is -2.33. The molecule has 1 aliphatic rings. The number of hydrogen-bond acceptors (Lipinski definition) is 6. The summed E-state index contributed by atoms with van der Waals surface area (Å²) in [4.78, 5) is 36.2. The number of aryl methyl sites for hydroxylation is 1. The Bertz CT molecular complexity index is 687. The van der Waals surface area contributed by atoms with Gasteiger partial charge in [0.15, 0.2) is 6.23 Å². The van der Waals surface area contributed by atoms with Gasteiger partial charge in [0, 0.05) is 11.8 Å². The molecule has 8 heteroatoms. The van der Waals surface area contributed by atoms with Crippen LogP contribution in [0.4, 0.5) is 4.79 Å². The fourth-order valence-corrected chi connectivity index (χ4v) is 1.77. The molecule has 0 fully saturated rings. The van der Waals surface area contributed by atoms with E-state index in [4.69, 9.17) is 9.47 Å². The van der Waals surface area contributed by atoms with Crippen LogP contribution in [0.15, 0.2) is 40.8 Å². The van der Waals surface area contributed by atoms with Crippen molar-refractivity contribution >= 4 is 6.16 Å². The van der Waals surface area contributed by atoms with Gasteiger partial charge in [-0.25, -0.2) is 9.59 Å². The summed E-state index contributed by atoms with van der Waals surface area (Å²) in [5.74, 6) is 0. The monoisotopic (exact) mass is 294 g/mol. The molecule has 0 aliphatic carbocycles. The number of hydrogen-bond donors (Lipinski definition) is 1. The van der Waals surface area contributed by atoms with Gasteiger partial charge in [-0.1, -0.05) is 12.7 Å². The maximum Gasteiger partial charge on any atom is 0.513 e. The lowest BCUT2D eigenvalue weighted by atomic mass is 10.3.